The number of nitrogen functional groups attached to an aromatic ring is 1. The molecule has 0 radical (unpaired) electrons. The third kappa shape index (κ3) is 6.42. The van der Waals surface area contributed by atoms with Crippen molar-refractivity contribution >= 4 is 32.8 Å². The molecule has 0 amide bonds. The molecule has 6 N–H and O–H groups in total. The first-order valence-corrected chi connectivity index (χ1v) is 10.3. The zero-order chi connectivity index (χ0) is 20.9. The number of phosphoric ester groups is 1. The molecule has 1 unspecified atom stereocenters. The molecule has 0 aliphatic carbocycles. The first kappa shape index (κ1) is 28.3. The summed E-state index contributed by atoms with van der Waals surface area (Å²) in [5, 5.41) is 24.4. The SMILES string of the molecule is Nc1nc2c(ncn2[C@@H]2O[C@H](COP(=O)(O)OP(=O)(O)O)[C@H]([O-])[C@H]2[O-])c(=O)[nH]1.[Na+].[Na+]. The van der Waals surface area contributed by atoms with Gasteiger partial charge in [-0.3, -0.25) is 18.9 Å². The average Bonchev–Trinajstić information content (AvgIpc) is 3.06. The van der Waals surface area contributed by atoms with Crippen molar-refractivity contribution in [1.82, 2.24) is 19.5 Å². The van der Waals surface area contributed by atoms with Crippen LogP contribution >= 0.6 is 15.6 Å². The fraction of sp³-hybridized carbons (Fsp3) is 0.500. The van der Waals surface area contributed by atoms with Gasteiger partial charge < -0.3 is 35.4 Å². The summed E-state index contributed by atoms with van der Waals surface area (Å²) in [7, 11) is -10.6. The molecular formula is C10H13N5Na2O11P2. The molecule has 30 heavy (non-hydrogen) atoms. The smallest absolute Gasteiger partial charge is 0.851 e. The number of nitrogens with zero attached hydrogens (tertiary/aromatic N) is 3. The Morgan fingerprint density at radius 3 is 2.50 bits per heavy atom. The minimum absolute atomic E-state index is 0. The van der Waals surface area contributed by atoms with Crippen LogP contribution < -0.4 is 80.6 Å². The number of nitrogens with one attached hydrogen (secondary N) is 1. The minimum Gasteiger partial charge on any atom is -0.851 e. The van der Waals surface area contributed by atoms with Gasteiger partial charge in [0, 0.05) is 0 Å². The Morgan fingerprint density at radius 2 is 1.90 bits per heavy atom. The van der Waals surface area contributed by atoms with E-state index in [1.54, 1.807) is 0 Å². The Hall–Kier alpha value is 0.290. The molecule has 0 spiro atoms. The van der Waals surface area contributed by atoms with Gasteiger partial charge in [-0.05, 0) is 0 Å². The number of aromatic amines is 1. The summed E-state index contributed by atoms with van der Waals surface area (Å²) in [6.07, 6.45) is -6.02. The normalized spacial score (nSPS) is 26.0. The van der Waals surface area contributed by atoms with Gasteiger partial charge in [-0.2, -0.15) is 9.29 Å². The second-order valence-corrected chi connectivity index (χ2v) is 8.44. The third-order valence-corrected chi connectivity index (χ3v) is 5.77. The number of rotatable bonds is 6. The number of hydrogen-bond donors (Lipinski definition) is 5. The second kappa shape index (κ2) is 10.5. The Bertz CT molecular complexity index is 1040. The monoisotopic (exact) mass is 487 g/mol. The van der Waals surface area contributed by atoms with E-state index in [-0.39, 0.29) is 76.2 Å². The zero-order valence-corrected chi connectivity index (χ0v) is 21.3. The largest absolute Gasteiger partial charge is 1.00 e. The molecule has 3 heterocycles. The summed E-state index contributed by atoms with van der Waals surface area (Å²) in [5.74, 6) is -0.269. The number of phosphoric acid groups is 2. The van der Waals surface area contributed by atoms with E-state index in [1.165, 1.54) is 0 Å². The van der Waals surface area contributed by atoms with Gasteiger partial charge in [0.2, 0.25) is 5.95 Å². The van der Waals surface area contributed by atoms with Crippen LogP contribution in [-0.4, -0.2) is 59.1 Å². The van der Waals surface area contributed by atoms with Crippen molar-refractivity contribution in [2.24, 2.45) is 0 Å². The maximum absolute atomic E-state index is 12.3. The molecule has 3 rings (SSSR count). The molecule has 1 aliphatic rings. The van der Waals surface area contributed by atoms with Crippen LogP contribution in [0.1, 0.15) is 6.23 Å². The molecule has 1 saturated heterocycles. The van der Waals surface area contributed by atoms with Crippen molar-refractivity contribution in [2.75, 3.05) is 12.3 Å². The standard InChI is InChI=1S/C10H13N5O11P2.2Na/c11-10-13-7-4(8(18)14-10)12-2-15(7)9-6(17)5(16)3(25-9)1-24-28(22,23)26-27(19,20)21;;/h2-3,5-6,9H,1H2,(H,22,23)(H2,19,20,21)(H3,11,13,14,18);;/q-2;2*+1/t3-,5+,6-,9-;;/m1../s1. The molecule has 0 saturated carbocycles. The van der Waals surface area contributed by atoms with Crippen molar-refractivity contribution in [3.63, 3.8) is 0 Å². The number of aromatic nitrogens is 4. The summed E-state index contributed by atoms with van der Waals surface area (Å²) in [5.41, 5.74) is 4.47. The van der Waals surface area contributed by atoms with E-state index in [4.69, 9.17) is 20.3 Å². The number of nitrogens with two attached hydrogens (primary N) is 1. The summed E-state index contributed by atoms with van der Waals surface area (Å²) >= 11 is 0. The van der Waals surface area contributed by atoms with Gasteiger partial charge in [-0.15, -0.1) is 6.10 Å². The number of imidazole rings is 1. The molecule has 20 heteroatoms. The molecule has 156 valence electrons. The fourth-order valence-electron chi connectivity index (χ4n) is 2.52. The van der Waals surface area contributed by atoms with Crippen LogP contribution in [0.4, 0.5) is 5.95 Å². The van der Waals surface area contributed by atoms with Crippen LogP contribution in [0.15, 0.2) is 11.1 Å². The minimum atomic E-state index is -5.35. The zero-order valence-electron chi connectivity index (χ0n) is 15.5. The molecule has 0 bridgehead atoms. The van der Waals surface area contributed by atoms with E-state index in [0.29, 0.717) is 0 Å². The number of fused-ring (bicyclic) bond motifs is 1. The van der Waals surface area contributed by atoms with Gasteiger partial charge in [0.1, 0.15) is 6.23 Å². The Kier molecular flexibility index (Phi) is 9.90. The van der Waals surface area contributed by atoms with Gasteiger partial charge in [-0.1, -0.05) is 6.10 Å². The van der Waals surface area contributed by atoms with Crippen LogP contribution in [0, 0.1) is 0 Å². The van der Waals surface area contributed by atoms with Crippen LogP contribution in [0.25, 0.3) is 11.2 Å². The molecule has 0 aromatic carbocycles. The van der Waals surface area contributed by atoms with Gasteiger partial charge in [0.25, 0.3) is 5.56 Å². The quantitative estimate of drug-likeness (QED) is 0.187. The molecule has 5 atom stereocenters. The van der Waals surface area contributed by atoms with Crippen LogP contribution in [0.5, 0.6) is 0 Å². The van der Waals surface area contributed by atoms with Crippen molar-refractivity contribution in [2.45, 2.75) is 24.5 Å². The number of ether oxygens (including phenoxy) is 1. The van der Waals surface area contributed by atoms with Gasteiger partial charge in [-0.25, -0.2) is 14.1 Å². The van der Waals surface area contributed by atoms with Crippen molar-refractivity contribution in [1.29, 1.82) is 0 Å². The molecule has 16 nitrogen and oxygen atoms in total. The van der Waals surface area contributed by atoms with E-state index in [9.17, 15) is 29.0 Å². The predicted octanol–water partition coefficient (Wildman–Crippen LogP) is -9.71. The number of anilines is 1. The van der Waals surface area contributed by atoms with E-state index < -0.39 is 52.4 Å². The molecular weight excluding hydrogens is 474 g/mol. The molecule has 2 aromatic heterocycles. The van der Waals surface area contributed by atoms with E-state index >= 15 is 0 Å². The van der Waals surface area contributed by atoms with Gasteiger partial charge >= 0.3 is 74.8 Å². The van der Waals surface area contributed by atoms with E-state index in [2.05, 4.69) is 23.8 Å². The average molecular weight is 487 g/mol. The third-order valence-electron chi connectivity index (χ3n) is 3.62. The maximum atomic E-state index is 12.3. The molecule has 1 fully saturated rings. The summed E-state index contributed by atoms with van der Waals surface area (Å²) in [6.45, 7) is -0.972. The summed E-state index contributed by atoms with van der Waals surface area (Å²) in [6, 6.07) is 0. The second-order valence-electron chi connectivity index (χ2n) is 5.61. The Balaban J connectivity index is 0.00000225. The number of H-pyrrole nitrogens is 1. The Morgan fingerprint density at radius 1 is 1.27 bits per heavy atom. The summed E-state index contributed by atoms with van der Waals surface area (Å²) < 4.78 is 36.2. The maximum Gasteiger partial charge on any atom is 1.00 e. The van der Waals surface area contributed by atoms with Crippen LogP contribution in [-0.2, 0) is 22.7 Å². The fourth-order valence-corrected chi connectivity index (χ4v) is 4.12. The first-order chi connectivity index (χ1) is 12.9. The van der Waals surface area contributed by atoms with Gasteiger partial charge in [0.15, 0.2) is 11.2 Å². The molecule has 2 aromatic rings. The predicted molar refractivity (Wildman–Crippen MR) is 83.0 cm³/mol. The van der Waals surface area contributed by atoms with Crippen molar-refractivity contribution in [3.05, 3.63) is 16.7 Å². The van der Waals surface area contributed by atoms with Crippen LogP contribution in [0.2, 0.25) is 0 Å². The first-order valence-electron chi connectivity index (χ1n) is 7.31. The van der Waals surface area contributed by atoms with E-state index in [1.807, 2.05) is 0 Å². The van der Waals surface area contributed by atoms with Crippen molar-refractivity contribution in [3.8, 4) is 0 Å². The Labute approximate surface area is 211 Å². The van der Waals surface area contributed by atoms with Gasteiger partial charge in [0.05, 0.1) is 19.0 Å². The molecule has 1 aliphatic heterocycles. The van der Waals surface area contributed by atoms with Crippen molar-refractivity contribution < 1.29 is 107 Å². The topological polar surface area (TPSA) is 258 Å². The number of hydrogen-bond acceptors (Lipinski definition) is 11. The van der Waals surface area contributed by atoms with Crippen LogP contribution in [0.3, 0.4) is 0 Å². The van der Waals surface area contributed by atoms with E-state index in [0.717, 1.165) is 10.9 Å². The summed E-state index contributed by atoms with van der Waals surface area (Å²) in [4.78, 5) is 47.9.